The molecule has 0 aliphatic carbocycles. The van der Waals surface area contributed by atoms with Crippen molar-refractivity contribution < 1.29 is 9.50 Å². The minimum Gasteiger partial charge on any atom is -0.384 e. The molecule has 2 aromatic carbocycles. The highest BCUT2D eigenvalue weighted by molar-refractivity contribution is 5.36. The molecule has 0 spiro atoms. The molecule has 88 valence electrons. The molecule has 1 N–H and O–H groups in total. The second-order valence-electron chi connectivity index (χ2n) is 4.27. The van der Waals surface area contributed by atoms with Gasteiger partial charge in [0.2, 0.25) is 0 Å². The molecule has 0 aliphatic rings. The highest BCUT2D eigenvalue weighted by Gasteiger charge is 2.14. The Hall–Kier alpha value is -1.67. The van der Waals surface area contributed by atoms with Crippen molar-refractivity contribution in [3.05, 3.63) is 70.5 Å². The molecule has 17 heavy (non-hydrogen) atoms. The maximum absolute atomic E-state index is 13.5. The zero-order valence-electron chi connectivity index (χ0n) is 9.94. The van der Waals surface area contributed by atoms with Gasteiger partial charge >= 0.3 is 0 Å². The summed E-state index contributed by atoms with van der Waals surface area (Å²) < 4.78 is 13.5. The number of aryl methyl sites for hydroxylation is 2. The van der Waals surface area contributed by atoms with Crippen LogP contribution < -0.4 is 0 Å². The maximum atomic E-state index is 13.5. The van der Waals surface area contributed by atoms with Gasteiger partial charge in [0.05, 0.1) is 0 Å². The van der Waals surface area contributed by atoms with Crippen LogP contribution in [0.3, 0.4) is 0 Å². The number of aliphatic hydroxyl groups is 1. The molecule has 0 unspecified atom stereocenters. The summed E-state index contributed by atoms with van der Waals surface area (Å²) in [6.07, 6.45) is -0.907. The summed E-state index contributed by atoms with van der Waals surface area (Å²) in [6, 6.07) is 12.0. The summed E-state index contributed by atoms with van der Waals surface area (Å²) in [7, 11) is 0. The van der Waals surface area contributed by atoms with Crippen LogP contribution in [0.5, 0.6) is 0 Å². The lowest BCUT2D eigenvalue weighted by Crippen LogP contribution is -2.03. The van der Waals surface area contributed by atoms with E-state index in [4.69, 9.17) is 0 Å². The molecular weight excluding hydrogens is 215 g/mol. The highest BCUT2D eigenvalue weighted by Crippen LogP contribution is 2.25. The van der Waals surface area contributed by atoms with Gasteiger partial charge in [0, 0.05) is 5.56 Å². The quantitative estimate of drug-likeness (QED) is 0.836. The van der Waals surface area contributed by atoms with E-state index in [9.17, 15) is 9.50 Å². The molecule has 0 bridgehead atoms. The zero-order valence-corrected chi connectivity index (χ0v) is 9.94. The van der Waals surface area contributed by atoms with Crippen LogP contribution in [0.2, 0.25) is 0 Å². The van der Waals surface area contributed by atoms with Crippen LogP contribution in [-0.4, -0.2) is 5.11 Å². The van der Waals surface area contributed by atoms with E-state index in [0.717, 1.165) is 16.7 Å². The van der Waals surface area contributed by atoms with Crippen LogP contribution in [0.1, 0.15) is 28.4 Å². The Kier molecular flexibility index (Phi) is 3.25. The summed E-state index contributed by atoms with van der Waals surface area (Å²) in [5.74, 6) is -0.377. The third kappa shape index (κ3) is 2.37. The lowest BCUT2D eigenvalue weighted by atomic mass is 9.98. The lowest BCUT2D eigenvalue weighted by molar-refractivity contribution is 0.215. The Bertz CT molecular complexity index is 534. The largest absolute Gasteiger partial charge is 0.384 e. The average molecular weight is 230 g/mol. The monoisotopic (exact) mass is 230 g/mol. The number of hydrogen-bond donors (Lipinski definition) is 1. The van der Waals surface area contributed by atoms with E-state index in [1.165, 1.54) is 6.07 Å². The first-order chi connectivity index (χ1) is 8.09. The zero-order chi connectivity index (χ0) is 12.4. The molecule has 0 aromatic heterocycles. The van der Waals surface area contributed by atoms with Crippen molar-refractivity contribution in [2.75, 3.05) is 0 Å². The molecule has 2 rings (SSSR count). The fraction of sp³-hybridized carbons (Fsp3) is 0.200. The van der Waals surface area contributed by atoms with Gasteiger partial charge in [0.1, 0.15) is 11.9 Å². The number of halogens is 1. The van der Waals surface area contributed by atoms with Crippen molar-refractivity contribution in [2.24, 2.45) is 0 Å². The van der Waals surface area contributed by atoms with E-state index in [0.29, 0.717) is 5.56 Å². The number of benzene rings is 2. The number of rotatable bonds is 2. The van der Waals surface area contributed by atoms with E-state index in [2.05, 4.69) is 0 Å². The van der Waals surface area contributed by atoms with Gasteiger partial charge in [-0.05, 0) is 36.6 Å². The van der Waals surface area contributed by atoms with E-state index in [1.54, 1.807) is 18.2 Å². The Balaban J connectivity index is 2.40. The molecule has 0 radical (unpaired) electrons. The van der Waals surface area contributed by atoms with Crippen LogP contribution in [0, 0.1) is 19.7 Å². The molecule has 0 saturated heterocycles. The van der Waals surface area contributed by atoms with E-state index < -0.39 is 6.10 Å². The van der Waals surface area contributed by atoms with Crippen molar-refractivity contribution in [3.8, 4) is 0 Å². The van der Waals surface area contributed by atoms with Crippen LogP contribution in [0.15, 0.2) is 42.5 Å². The molecule has 2 aromatic rings. The van der Waals surface area contributed by atoms with Gasteiger partial charge in [-0.3, -0.25) is 0 Å². The van der Waals surface area contributed by atoms with Gasteiger partial charge in [0.15, 0.2) is 0 Å². The predicted molar refractivity (Wildman–Crippen MR) is 66.4 cm³/mol. The highest BCUT2D eigenvalue weighted by atomic mass is 19.1. The van der Waals surface area contributed by atoms with Crippen LogP contribution in [0.4, 0.5) is 4.39 Å². The summed E-state index contributed by atoms with van der Waals surface area (Å²) >= 11 is 0. The molecule has 1 nitrogen and oxygen atoms in total. The van der Waals surface area contributed by atoms with Crippen LogP contribution >= 0.6 is 0 Å². The third-order valence-corrected chi connectivity index (χ3v) is 3.05. The third-order valence-electron chi connectivity index (χ3n) is 3.05. The Morgan fingerprint density at radius 2 is 1.71 bits per heavy atom. The van der Waals surface area contributed by atoms with Crippen molar-refractivity contribution in [1.29, 1.82) is 0 Å². The fourth-order valence-corrected chi connectivity index (χ4v) is 1.81. The predicted octanol–water partition coefficient (Wildman–Crippen LogP) is 3.52. The lowest BCUT2D eigenvalue weighted by Gasteiger charge is -2.13. The van der Waals surface area contributed by atoms with E-state index in [1.807, 2.05) is 32.0 Å². The van der Waals surface area contributed by atoms with Crippen LogP contribution in [0.25, 0.3) is 0 Å². The molecule has 0 amide bonds. The first kappa shape index (κ1) is 11.8. The van der Waals surface area contributed by atoms with Gasteiger partial charge < -0.3 is 5.11 Å². The molecule has 1 atom stereocenters. The second-order valence-corrected chi connectivity index (χ2v) is 4.27. The van der Waals surface area contributed by atoms with Gasteiger partial charge in [-0.15, -0.1) is 0 Å². The van der Waals surface area contributed by atoms with E-state index in [-0.39, 0.29) is 5.82 Å². The fourth-order valence-electron chi connectivity index (χ4n) is 1.81. The van der Waals surface area contributed by atoms with Crippen molar-refractivity contribution in [1.82, 2.24) is 0 Å². The minimum absolute atomic E-state index is 0.316. The second kappa shape index (κ2) is 4.68. The number of aliphatic hydroxyl groups excluding tert-OH is 1. The first-order valence-corrected chi connectivity index (χ1v) is 5.59. The van der Waals surface area contributed by atoms with Gasteiger partial charge in [0.25, 0.3) is 0 Å². The smallest absolute Gasteiger partial charge is 0.129 e. The van der Waals surface area contributed by atoms with E-state index >= 15 is 0 Å². The first-order valence-electron chi connectivity index (χ1n) is 5.59. The van der Waals surface area contributed by atoms with Crippen molar-refractivity contribution in [3.63, 3.8) is 0 Å². The molecule has 0 aliphatic heterocycles. The van der Waals surface area contributed by atoms with Gasteiger partial charge in [-0.1, -0.05) is 36.4 Å². The maximum Gasteiger partial charge on any atom is 0.129 e. The normalized spacial score (nSPS) is 12.5. The van der Waals surface area contributed by atoms with Crippen molar-refractivity contribution in [2.45, 2.75) is 20.0 Å². The standard InChI is InChI=1S/C15H15FO/c1-10-7-8-12(9-11(10)2)15(17)13-5-3-4-6-14(13)16/h3-9,15,17H,1-2H3/t15-/m0/s1. The van der Waals surface area contributed by atoms with Gasteiger partial charge in [-0.25, -0.2) is 4.39 Å². The summed E-state index contributed by atoms with van der Waals surface area (Å²) in [6.45, 7) is 3.99. The number of hydrogen-bond acceptors (Lipinski definition) is 1. The molecule has 0 saturated carbocycles. The average Bonchev–Trinajstić information content (AvgIpc) is 2.32. The minimum atomic E-state index is -0.907. The Morgan fingerprint density at radius 1 is 1.00 bits per heavy atom. The molecular formula is C15H15FO. The van der Waals surface area contributed by atoms with Crippen LogP contribution in [-0.2, 0) is 0 Å². The van der Waals surface area contributed by atoms with Crippen molar-refractivity contribution >= 4 is 0 Å². The molecule has 0 fully saturated rings. The van der Waals surface area contributed by atoms with Gasteiger partial charge in [-0.2, -0.15) is 0 Å². The Morgan fingerprint density at radius 3 is 2.35 bits per heavy atom. The summed E-state index contributed by atoms with van der Waals surface area (Å²) in [4.78, 5) is 0. The SMILES string of the molecule is Cc1ccc([C@H](O)c2ccccc2F)cc1C. The molecule has 2 heteroatoms. The summed E-state index contributed by atoms with van der Waals surface area (Å²) in [5.41, 5.74) is 3.29. The molecule has 0 heterocycles. The Labute approximate surface area is 101 Å². The summed E-state index contributed by atoms with van der Waals surface area (Å²) in [5, 5.41) is 10.1. The topological polar surface area (TPSA) is 20.2 Å².